The average Bonchev–Trinajstić information content (AvgIpc) is 2.45. The van der Waals surface area contributed by atoms with Crippen LogP contribution < -0.4 is 0 Å². The molecule has 0 unspecified atom stereocenters. The summed E-state index contributed by atoms with van der Waals surface area (Å²) in [6.07, 6.45) is 3.75. The van der Waals surface area contributed by atoms with Crippen molar-refractivity contribution < 1.29 is 5.11 Å². The monoisotopic (exact) mass is 266 g/mol. The van der Waals surface area contributed by atoms with E-state index in [9.17, 15) is 5.11 Å². The molecule has 0 fully saturated rings. The zero-order valence-corrected chi connectivity index (χ0v) is 11.6. The maximum atomic E-state index is 9.92. The van der Waals surface area contributed by atoms with Crippen molar-refractivity contribution in [2.45, 2.75) is 36.0 Å². The third-order valence-electron chi connectivity index (χ3n) is 3.18. The van der Waals surface area contributed by atoms with Crippen LogP contribution in [-0.2, 0) is 0 Å². The summed E-state index contributed by atoms with van der Waals surface area (Å²) in [5.41, 5.74) is 0. The SMILES string of the molecule is C[C@@H]1[C@H](O)CCC(Sc2ccccc2)=C[C@@H]1S. The molecule has 0 bridgehead atoms. The molecule has 0 heterocycles. The maximum absolute atomic E-state index is 9.92. The van der Waals surface area contributed by atoms with Crippen LogP contribution in [0.3, 0.4) is 0 Å². The Labute approximate surface area is 113 Å². The van der Waals surface area contributed by atoms with Gasteiger partial charge in [0.1, 0.15) is 0 Å². The molecule has 0 saturated heterocycles. The molecule has 3 atom stereocenters. The maximum Gasteiger partial charge on any atom is 0.0582 e. The third kappa shape index (κ3) is 3.54. The fraction of sp³-hybridized carbons (Fsp3) is 0.429. The summed E-state index contributed by atoms with van der Waals surface area (Å²) in [6, 6.07) is 10.4. The average molecular weight is 266 g/mol. The van der Waals surface area contributed by atoms with Crippen LogP contribution in [0.1, 0.15) is 19.8 Å². The third-order valence-corrected chi connectivity index (χ3v) is 4.91. The molecule has 0 spiro atoms. The van der Waals surface area contributed by atoms with E-state index in [1.807, 2.05) is 6.07 Å². The van der Waals surface area contributed by atoms with Crippen LogP contribution in [0.4, 0.5) is 0 Å². The van der Waals surface area contributed by atoms with Crippen LogP contribution in [0, 0.1) is 5.92 Å². The van der Waals surface area contributed by atoms with E-state index in [0.29, 0.717) is 0 Å². The Morgan fingerprint density at radius 2 is 2.00 bits per heavy atom. The van der Waals surface area contributed by atoms with Gasteiger partial charge in [-0.15, -0.1) is 0 Å². The molecule has 17 heavy (non-hydrogen) atoms. The van der Waals surface area contributed by atoms with Crippen molar-refractivity contribution in [3.63, 3.8) is 0 Å². The minimum atomic E-state index is -0.234. The molecule has 3 heteroatoms. The van der Waals surface area contributed by atoms with Gasteiger partial charge in [-0.3, -0.25) is 0 Å². The highest BCUT2D eigenvalue weighted by Crippen LogP contribution is 2.35. The van der Waals surface area contributed by atoms with E-state index in [2.05, 4.69) is 49.9 Å². The topological polar surface area (TPSA) is 20.2 Å². The molecule has 1 N–H and O–H groups in total. The highest BCUT2D eigenvalue weighted by molar-refractivity contribution is 8.03. The lowest BCUT2D eigenvalue weighted by molar-refractivity contribution is 0.115. The van der Waals surface area contributed by atoms with Gasteiger partial charge in [-0.1, -0.05) is 43.0 Å². The van der Waals surface area contributed by atoms with Gasteiger partial charge >= 0.3 is 0 Å². The van der Waals surface area contributed by atoms with Crippen molar-refractivity contribution in [3.8, 4) is 0 Å². The van der Waals surface area contributed by atoms with E-state index in [4.69, 9.17) is 0 Å². The van der Waals surface area contributed by atoms with E-state index in [0.717, 1.165) is 12.8 Å². The van der Waals surface area contributed by atoms with Gasteiger partial charge in [-0.05, 0) is 35.8 Å². The lowest BCUT2D eigenvalue weighted by atomic mass is 10.00. The van der Waals surface area contributed by atoms with Gasteiger partial charge in [-0.25, -0.2) is 0 Å². The second kappa shape index (κ2) is 5.98. The lowest BCUT2D eigenvalue weighted by Gasteiger charge is -2.19. The van der Waals surface area contributed by atoms with E-state index >= 15 is 0 Å². The molecule has 0 aromatic heterocycles. The summed E-state index contributed by atoms with van der Waals surface area (Å²) < 4.78 is 0. The normalized spacial score (nSPS) is 29.6. The molecule has 1 aliphatic rings. The molecule has 0 saturated carbocycles. The van der Waals surface area contributed by atoms with E-state index in [1.54, 1.807) is 11.8 Å². The van der Waals surface area contributed by atoms with Gasteiger partial charge < -0.3 is 5.11 Å². The van der Waals surface area contributed by atoms with Crippen molar-refractivity contribution in [2.24, 2.45) is 5.92 Å². The first-order valence-corrected chi connectivity index (χ1v) is 7.30. The molecule has 92 valence electrons. The number of benzene rings is 1. The minimum absolute atomic E-state index is 0.152. The fourth-order valence-electron chi connectivity index (χ4n) is 1.93. The molecule has 2 rings (SSSR count). The van der Waals surface area contributed by atoms with Crippen LogP contribution in [0.25, 0.3) is 0 Å². The molecular weight excluding hydrogens is 248 g/mol. The van der Waals surface area contributed by atoms with Crippen molar-refractivity contribution in [3.05, 3.63) is 41.3 Å². The number of rotatable bonds is 2. The predicted molar refractivity (Wildman–Crippen MR) is 77.6 cm³/mol. The Kier molecular flexibility index (Phi) is 4.60. The van der Waals surface area contributed by atoms with Gasteiger partial charge in [-0.2, -0.15) is 12.6 Å². The van der Waals surface area contributed by atoms with Crippen LogP contribution in [0.5, 0.6) is 0 Å². The Balaban J connectivity index is 2.08. The molecule has 1 aliphatic carbocycles. The minimum Gasteiger partial charge on any atom is -0.393 e. The molecule has 1 nitrogen and oxygen atoms in total. The molecule has 0 amide bonds. The Hall–Kier alpha value is -0.380. The van der Waals surface area contributed by atoms with Gasteiger partial charge in [0.05, 0.1) is 6.10 Å². The molecular formula is C14H18OS2. The van der Waals surface area contributed by atoms with Crippen molar-refractivity contribution >= 4 is 24.4 Å². The Bertz CT molecular complexity index is 388. The van der Waals surface area contributed by atoms with E-state index in [-0.39, 0.29) is 17.3 Å². The number of allylic oxidation sites excluding steroid dienone is 1. The number of aliphatic hydroxyl groups excluding tert-OH is 1. The van der Waals surface area contributed by atoms with Gasteiger partial charge in [0, 0.05) is 10.1 Å². The molecule has 0 radical (unpaired) electrons. The summed E-state index contributed by atoms with van der Waals surface area (Å²) in [7, 11) is 0. The van der Waals surface area contributed by atoms with Gasteiger partial charge in [0.2, 0.25) is 0 Å². The Morgan fingerprint density at radius 1 is 1.29 bits per heavy atom. The first-order chi connectivity index (χ1) is 8.16. The summed E-state index contributed by atoms with van der Waals surface area (Å²) in [6.45, 7) is 2.06. The van der Waals surface area contributed by atoms with Gasteiger partial charge in [0.15, 0.2) is 0 Å². The summed E-state index contributed by atoms with van der Waals surface area (Å²) in [5, 5.41) is 10.1. The first kappa shape index (κ1) is 13.1. The van der Waals surface area contributed by atoms with Crippen LogP contribution in [0.15, 0.2) is 46.2 Å². The van der Waals surface area contributed by atoms with Crippen molar-refractivity contribution in [1.29, 1.82) is 0 Å². The molecule has 1 aromatic carbocycles. The molecule has 0 aliphatic heterocycles. The van der Waals surface area contributed by atoms with Crippen molar-refractivity contribution in [2.75, 3.05) is 0 Å². The van der Waals surface area contributed by atoms with Crippen molar-refractivity contribution in [1.82, 2.24) is 0 Å². The van der Waals surface area contributed by atoms with E-state index in [1.165, 1.54) is 9.80 Å². The summed E-state index contributed by atoms with van der Waals surface area (Å²) in [4.78, 5) is 2.57. The zero-order valence-electron chi connectivity index (χ0n) is 9.91. The number of hydrogen-bond donors (Lipinski definition) is 2. The summed E-state index contributed by atoms with van der Waals surface area (Å²) in [5.74, 6) is 0.229. The van der Waals surface area contributed by atoms with Gasteiger partial charge in [0.25, 0.3) is 0 Å². The highest BCUT2D eigenvalue weighted by Gasteiger charge is 2.24. The van der Waals surface area contributed by atoms with E-state index < -0.39 is 0 Å². The number of thiol groups is 1. The summed E-state index contributed by atoms with van der Waals surface area (Å²) >= 11 is 6.35. The predicted octanol–water partition coefficient (Wildman–Crippen LogP) is 3.75. The highest BCUT2D eigenvalue weighted by atomic mass is 32.2. The number of aliphatic hydroxyl groups is 1. The largest absolute Gasteiger partial charge is 0.393 e. The fourth-order valence-corrected chi connectivity index (χ4v) is 3.44. The quantitative estimate of drug-likeness (QED) is 0.795. The lowest BCUT2D eigenvalue weighted by Crippen LogP contribution is -2.23. The second-order valence-electron chi connectivity index (χ2n) is 4.50. The van der Waals surface area contributed by atoms with Crippen LogP contribution in [-0.4, -0.2) is 16.5 Å². The van der Waals surface area contributed by atoms with Crippen LogP contribution in [0.2, 0.25) is 0 Å². The van der Waals surface area contributed by atoms with Crippen LogP contribution >= 0.6 is 24.4 Å². The smallest absolute Gasteiger partial charge is 0.0582 e. The zero-order chi connectivity index (χ0) is 12.3. The standard InChI is InChI=1S/C14H18OS2/c1-10-13(15)8-7-12(9-14(10)16)17-11-5-3-2-4-6-11/h2-6,9-10,13-16H,7-8H2,1H3/t10-,13-,14+/m1/s1. The number of hydrogen-bond acceptors (Lipinski definition) is 3. The second-order valence-corrected chi connectivity index (χ2v) is 6.30. The molecule has 1 aromatic rings. The number of thioether (sulfide) groups is 1. The first-order valence-electron chi connectivity index (χ1n) is 5.96. The Morgan fingerprint density at radius 3 is 2.71 bits per heavy atom.